The van der Waals surface area contributed by atoms with Gasteiger partial charge in [0.25, 0.3) is 5.69 Å². The van der Waals surface area contributed by atoms with Crippen molar-refractivity contribution in [1.82, 2.24) is 0 Å². The zero-order chi connectivity index (χ0) is 26.8. The Bertz CT molecular complexity index is 1420. The lowest BCUT2D eigenvalue weighted by molar-refractivity contribution is -0.384. The summed E-state index contributed by atoms with van der Waals surface area (Å²) in [5.41, 5.74) is 1.56. The second-order valence-corrected chi connectivity index (χ2v) is 9.50. The average molecular weight is 513 g/mol. The monoisotopic (exact) mass is 512 g/mol. The first-order valence-electron chi connectivity index (χ1n) is 12.3. The van der Waals surface area contributed by atoms with Crippen LogP contribution in [0.3, 0.4) is 0 Å². The molecule has 2 fully saturated rings. The zero-order valence-electron chi connectivity index (χ0n) is 20.3. The molecule has 0 spiro atoms. The first-order chi connectivity index (χ1) is 18.3. The van der Waals surface area contributed by atoms with E-state index in [1.165, 1.54) is 41.3 Å². The summed E-state index contributed by atoms with van der Waals surface area (Å²) < 4.78 is 5.14. The van der Waals surface area contributed by atoms with Gasteiger partial charge in [0.2, 0.25) is 11.8 Å². The molecule has 1 saturated heterocycles. The molecule has 3 aromatic carbocycles. The Morgan fingerprint density at radius 2 is 1.58 bits per heavy atom. The Balaban J connectivity index is 1.26. The Morgan fingerprint density at radius 1 is 0.868 bits per heavy atom. The molecule has 1 heterocycles. The van der Waals surface area contributed by atoms with Gasteiger partial charge in [0.1, 0.15) is 0 Å². The minimum absolute atomic E-state index is 0.0941. The molecule has 2 aliphatic rings. The van der Waals surface area contributed by atoms with E-state index in [0.717, 1.165) is 12.0 Å². The summed E-state index contributed by atoms with van der Waals surface area (Å²) >= 11 is 0. The van der Waals surface area contributed by atoms with E-state index in [9.17, 15) is 29.3 Å². The fourth-order valence-electron chi connectivity index (χ4n) is 5.30. The molecule has 0 N–H and O–H groups in total. The third-order valence-corrected chi connectivity index (χ3v) is 7.27. The molecular formula is C29H24N2O7. The molecule has 38 heavy (non-hydrogen) atoms. The van der Waals surface area contributed by atoms with Crippen molar-refractivity contribution in [2.24, 2.45) is 11.8 Å². The van der Waals surface area contributed by atoms with Crippen LogP contribution in [-0.4, -0.2) is 35.1 Å². The van der Waals surface area contributed by atoms with Crippen molar-refractivity contribution in [3.8, 4) is 0 Å². The van der Waals surface area contributed by atoms with Gasteiger partial charge in [-0.3, -0.25) is 29.4 Å². The molecular weight excluding hydrogens is 488 g/mol. The molecule has 2 amide bonds. The number of Topliss-reactive ketones (excluding diaryl/α,β-unsaturated/α-hetero) is 1. The minimum Gasteiger partial charge on any atom is -0.454 e. The van der Waals surface area contributed by atoms with Gasteiger partial charge < -0.3 is 4.74 Å². The maximum absolute atomic E-state index is 13.3. The number of imide groups is 1. The third kappa shape index (κ3) is 4.82. The number of nitro groups is 1. The summed E-state index contributed by atoms with van der Waals surface area (Å²) in [5.74, 6) is -2.41. The van der Waals surface area contributed by atoms with Crippen molar-refractivity contribution >= 4 is 34.9 Å². The number of rotatable bonds is 7. The Hall–Kier alpha value is -4.66. The quantitative estimate of drug-likeness (QED) is 0.148. The van der Waals surface area contributed by atoms with Gasteiger partial charge >= 0.3 is 5.97 Å². The van der Waals surface area contributed by atoms with Gasteiger partial charge in [-0.15, -0.1) is 0 Å². The smallest absolute Gasteiger partial charge is 0.338 e. The normalized spacial score (nSPS) is 20.6. The van der Waals surface area contributed by atoms with Crippen LogP contribution in [0.1, 0.15) is 51.5 Å². The predicted octanol–water partition coefficient (Wildman–Crippen LogP) is 4.71. The standard InChI is InChI=1S/C29H24N2O7/c32-26(19-9-12-22(13-10-19)31(36)37)17-38-29(35)21-7-4-8-23(15-21)30-27(33)24-14-11-20(16-25(24)28(30)34)18-5-2-1-3-6-18/h1-10,12-13,15,20,24-25H,11,14,16-17H2/t20-,24+,25+/m0/s1. The number of non-ortho nitro benzene ring substituents is 1. The number of esters is 1. The van der Waals surface area contributed by atoms with E-state index in [0.29, 0.717) is 18.5 Å². The molecule has 1 saturated carbocycles. The number of nitro benzene ring substituents is 1. The fraction of sp³-hybridized carbons (Fsp3) is 0.241. The van der Waals surface area contributed by atoms with Crippen molar-refractivity contribution in [1.29, 1.82) is 0 Å². The number of carbonyl (C=O) groups is 4. The lowest BCUT2D eigenvalue weighted by Crippen LogP contribution is -2.31. The predicted molar refractivity (Wildman–Crippen MR) is 137 cm³/mol. The third-order valence-electron chi connectivity index (χ3n) is 7.27. The topological polar surface area (TPSA) is 124 Å². The molecule has 0 aromatic heterocycles. The SMILES string of the molecule is O=C(COC(=O)c1cccc(N2C(=O)[C@@H]3CC[C@H](c4ccccc4)C[C@H]3C2=O)c1)c1ccc([N+](=O)[O-])cc1. The highest BCUT2D eigenvalue weighted by Crippen LogP contribution is 2.45. The Morgan fingerprint density at radius 3 is 2.29 bits per heavy atom. The number of hydrogen-bond donors (Lipinski definition) is 0. The highest BCUT2D eigenvalue weighted by molar-refractivity contribution is 6.22. The molecule has 3 aromatic rings. The molecule has 9 nitrogen and oxygen atoms in total. The molecule has 9 heteroatoms. The van der Waals surface area contributed by atoms with Gasteiger partial charge in [0.15, 0.2) is 12.4 Å². The van der Waals surface area contributed by atoms with Crippen LogP contribution in [0.4, 0.5) is 11.4 Å². The van der Waals surface area contributed by atoms with Crippen LogP contribution >= 0.6 is 0 Å². The number of ketones is 1. The summed E-state index contributed by atoms with van der Waals surface area (Å²) in [7, 11) is 0. The molecule has 5 rings (SSSR count). The van der Waals surface area contributed by atoms with E-state index in [4.69, 9.17) is 4.74 Å². The van der Waals surface area contributed by atoms with Crippen LogP contribution in [0, 0.1) is 22.0 Å². The van der Waals surface area contributed by atoms with E-state index >= 15 is 0 Å². The van der Waals surface area contributed by atoms with Crippen LogP contribution in [0.2, 0.25) is 0 Å². The highest BCUT2D eigenvalue weighted by atomic mass is 16.6. The summed E-state index contributed by atoms with van der Waals surface area (Å²) in [4.78, 5) is 62.9. The van der Waals surface area contributed by atoms with Crippen molar-refractivity contribution in [2.45, 2.75) is 25.2 Å². The molecule has 1 aliphatic carbocycles. The van der Waals surface area contributed by atoms with Gasteiger partial charge in [0, 0.05) is 17.7 Å². The van der Waals surface area contributed by atoms with E-state index in [-0.39, 0.29) is 40.5 Å². The maximum atomic E-state index is 13.3. The number of anilines is 1. The Kier molecular flexibility index (Phi) is 6.83. The number of ether oxygens (including phenoxy) is 1. The van der Waals surface area contributed by atoms with Crippen molar-refractivity contribution in [3.63, 3.8) is 0 Å². The van der Waals surface area contributed by atoms with Gasteiger partial charge in [-0.25, -0.2) is 4.79 Å². The zero-order valence-corrected chi connectivity index (χ0v) is 20.3. The van der Waals surface area contributed by atoms with E-state index in [2.05, 4.69) is 0 Å². The van der Waals surface area contributed by atoms with Gasteiger partial charge in [-0.1, -0.05) is 36.4 Å². The molecule has 3 atom stereocenters. The number of fused-ring (bicyclic) bond motifs is 1. The Labute approximate surface area is 218 Å². The number of carbonyl (C=O) groups excluding carboxylic acids is 4. The maximum Gasteiger partial charge on any atom is 0.338 e. The van der Waals surface area contributed by atoms with Crippen LogP contribution < -0.4 is 4.90 Å². The molecule has 0 radical (unpaired) electrons. The van der Waals surface area contributed by atoms with Crippen LogP contribution in [0.15, 0.2) is 78.9 Å². The van der Waals surface area contributed by atoms with Crippen molar-refractivity contribution in [3.05, 3.63) is 106 Å². The number of hydrogen-bond acceptors (Lipinski definition) is 7. The number of amides is 2. The molecule has 0 unspecified atom stereocenters. The summed E-state index contributed by atoms with van der Waals surface area (Å²) in [5, 5.41) is 10.8. The second-order valence-electron chi connectivity index (χ2n) is 9.50. The van der Waals surface area contributed by atoms with E-state index in [1.54, 1.807) is 12.1 Å². The fourth-order valence-corrected chi connectivity index (χ4v) is 5.30. The molecule has 0 bridgehead atoms. The largest absolute Gasteiger partial charge is 0.454 e. The minimum atomic E-state index is -0.789. The lowest BCUT2D eigenvalue weighted by Gasteiger charge is -2.28. The van der Waals surface area contributed by atoms with Gasteiger partial charge in [-0.2, -0.15) is 0 Å². The lowest BCUT2D eigenvalue weighted by atomic mass is 9.73. The summed E-state index contributed by atoms with van der Waals surface area (Å²) in [6.07, 6.45) is 2.05. The highest BCUT2D eigenvalue weighted by Gasteiger charge is 2.50. The van der Waals surface area contributed by atoms with Crippen LogP contribution in [0.25, 0.3) is 0 Å². The van der Waals surface area contributed by atoms with Crippen molar-refractivity contribution in [2.75, 3.05) is 11.5 Å². The van der Waals surface area contributed by atoms with E-state index in [1.807, 2.05) is 30.3 Å². The summed E-state index contributed by atoms with van der Waals surface area (Å²) in [6, 6.07) is 21.0. The van der Waals surface area contributed by atoms with E-state index < -0.39 is 29.2 Å². The number of nitrogens with zero attached hydrogens (tertiary/aromatic N) is 2. The van der Waals surface area contributed by atoms with Gasteiger partial charge in [0.05, 0.1) is 28.0 Å². The summed E-state index contributed by atoms with van der Waals surface area (Å²) in [6.45, 7) is -0.562. The van der Waals surface area contributed by atoms with Crippen LogP contribution in [0.5, 0.6) is 0 Å². The van der Waals surface area contributed by atoms with Crippen LogP contribution in [-0.2, 0) is 14.3 Å². The average Bonchev–Trinajstić information content (AvgIpc) is 3.20. The van der Waals surface area contributed by atoms with Gasteiger partial charge in [-0.05, 0) is 61.1 Å². The molecule has 192 valence electrons. The molecule has 1 aliphatic heterocycles. The number of benzene rings is 3. The van der Waals surface area contributed by atoms with Crippen molar-refractivity contribution < 1.29 is 28.8 Å². The first-order valence-corrected chi connectivity index (χ1v) is 12.3. The first kappa shape index (κ1) is 25.0. The second kappa shape index (κ2) is 10.4.